The minimum atomic E-state index is -4.46. The minimum Gasteiger partial charge on any atom is -0.493 e. The summed E-state index contributed by atoms with van der Waals surface area (Å²) in [5, 5.41) is 0.959. The normalized spacial score (nSPS) is 15.7. The highest BCUT2D eigenvalue weighted by Crippen LogP contribution is 2.33. The van der Waals surface area contributed by atoms with Gasteiger partial charge in [-0.2, -0.15) is 0 Å². The van der Waals surface area contributed by atoms with Crippen molar-refractivity contribution in [1.82, 2.24) is 4.90 Å². The zero-order chi connectivity index (χ0) is 28.9. The lowest BCUT2D eigenvalue weighted by molar-refractivity contribution is -0.150. The standard InChI is InChI=1S/C29H30N2O8S/c1-37-24-16-15-20(18-25(24)38-2)40(35,36)27(28(33)31-17-9-14-23(31)29(34)39-3)30-22-13-8-7-12-21(22)26(32)19-10-5-4-6-11-19/h4-8,10-13,15-16,18,23,27,30H,9,14,17H2,1-3H3/t23-,27?/m0/s1. The van der Waals surface area contributed by atoms with Gasteiger partial charge in [-0.25, -0.2) is 13.2 Å². The number of nitrogens with zero attached hydrogens (tertiary/aromatic N) is 1. The van der Waals surface area contributed by atoms with E-state index < -0.39 is 33.1 Å². The quantitative estimate of drug-likeness (QED) is 0.290. The first kappa shape index (κ1) is 28.6. The van der Waals surface area contributed by atoms with Crippen LogP contribution < -0.4 is 14.8 Å². The van der Waals surface area contributed by atoms with Crippen molar-refractivity contribution in [2.75, 3.05) is 33.2 Å². The molecule has 0 aliphatic carbocycles. The van der Waals surface area contributed by atoms with Crippen molar-refractivity contribution < 1.29 is 37.0 Å². The second-order valence-electron chi connectivity index (χ2n) is 9.04. The van der Waals surface area contributed by atoms with E-state index in [0.717, 1.165) is 0 Å². The highest BCUT2D eigenvalue weighted by molar-refractivity contribution is 7.93. The third-order valence-electron chi connectivity index (χ3n) is 6.72. The molecular formula is C29H30N2O8S. The molecule has 1 heterocycles. The number of sulfone groups is 1. The van der Waals surface area contributed by atoms with Crippen LogP contribution in [0, 0.1) is 0 Å². The van der Waals surface area contributed by atoms with E-state index in [4.69, 9.17) is 14.2 Å². The average molecular weight is 567 g/mol. The molecule has 2 atom stereocenters. The van der Waals surface area contributed by atoms with Gasteiger partial charge in [0.2, 0.25) is 15.2 Å². The third kappa shape index (κ3) is 5.64. The Morgan fingerprint density at radius 2 is 1.57 bits per heavy atom. The van der Waals surface area contributed by atoms with E-state index in [2.05, 4.69) is 5.32 Å². The van der Waals surface area contributed by atoms with Crippen molar-refractivity contribution in [3.8, 4) is 11.5 Å². The zero-order valence-electron chi connectivity index (χ0n) is 22.3. The van der Waals surface area contributed by atoms with Crippen LogP contribution in [0.5, 0.6) is 11.5 Å². The van der Waals surface area contributed by atoms with Gasteiger partial charge in [-0.3, -0.25) is 9.59 Å². The van der Waals surface area contributed by atoms with Crippen LogP contribution in [0.15, 0.2) is 77.7 Å². The Balaban J connectivity index is 1.81. The van der Waals surface area contributed by atoms with Gasteiger partial charge in [-0.05, 0) is 37.1 Å². The largest absolute Gasteiger partial charge is 0.493 e. The molecule has 0 spiro atoms. The Labute approximate surface area is 232 Å². The van der Waals surface area contributed by atoms with Crippen LogP contribution in [-0.4, -0.2) is 70.3 Å². The first-order valence-corrected chi connectivity index (χ1v) is 14.1. The van der Waals surface area contributed by atoms with E-state index in [1.165, 1.54) is 50.5 Å². The number of ketones is 1. The van der Waals surface area contributed by atoms with E-state index in [0.29, 0.717) is 24.2 Å². The number of carbonyl (C=O) groups excluding carboxylic acids is 3. The SMILES string of the molecule is COC(=O)[C@@H]1CCCN1C(=O)C(Nc1ccccc1C(=O)c1ccccc1)S(=O)(=O)c1ccc(OC)c(OC)c1. The fraction of sp³-hybridized carbons (Fsp3) is 0.276. The van der Waals surface area contributed by atoms with E-state index in [1.807, 2.05) is 0 Å². The third-order valence-corrected chi connectivity index (χ3v) is 8.57. The number of amides is 1. The summed E-state index contributed by atoms with van der Waals surface area (Å²) < 4.78 is 43.6. The molecule has 1 aliphatic rings. The fourth-order valence-corrected chi connectivity index (χ4v) is 6.14. The number of nitrogens with one attached hydrogen (secondary N) is 1. The van der Waals surface area contributed by atoms with Crippen molar-refractivity contribution in [3.05, 3.63) is 83.9 Å². The van der Waals surface area contributed by atoms with Gasteiger partial charge in [0.05, 0.1) is 26.2 Å². The van der Waals surface area contributed by atoms with Gasteiger partial charge in [0.25, 0.3) is 5.91 Å². The molecule has 1 aliphatic heterocycles. The number of hydrogen-bond donors (Lipinski definition) is 1. The molecule has 3 aromatic carbocycles. The summed E-state index contributed by atoms with van der Waals surface area (Å²) in [6.07, 6.45) is 0.836. The van der Waals surface area contributed by atoms with Crippen molar-refractivity contribution in [3.63, 3.8) is 0 Å². The van der Waals surface area contributed by atoms with Crippen LogP contribution in [-0.2, 0) is 24.2 Å². The van der Waals surface area contributed by atoms with E-state index in [1.54, 1.807) is 48.5 Å². The molecule has 3 aromatic rings. The zero-order valence-corrected chi connectivity index (χ0v) is 23.1. The van der Waals surface area contributed by atoms with Gasteiger partial charge in [0.1, 0.15) is 6.04 Å². The van der Waals surface area contributed by atoms with Crippen molar-refractivity contribution in [2.24, 2.45) is 0 Å². The number of benzene rings is 3. The molecule has 1 N–H and O–H groups in total. The Morgan fingerprint density at radius 3 is 2.25 bits per heavy atom. The minimum absolute atomic E-state index is 0.146. The fourth-order valence-electron chi connectivity index (χ4n) is 4.66. The van der Waals surface area contributed by atoms with Gasteiger partial charge in [0, 0.05) is 29.4 Å². The van der Waals surface area contributed by atoms with Gasteiger partial charge in [0.15, 0.2) is 17.3 Å². The number of para-hydroxylation sites is 1. The van der Waals surface area contributed by atoms with Crippen LogP contribution in [0.4, 0.5) is 5.69 Å². The lowest BCUT2D eigenvalue weighted by Crippen LogP contribution is -2.51. The highest BCUT2D eigenvalue weighted by Gasteiger charge is 2.44. The molecule has 0 aromatic heterocycles. The summed E-state index contributed by atoms with van der Waals surface area (Å²) in [6, 6.07) is 17.9. The first-order valence-electron chi connectivity index (χ1n) is 12.5. The second-order valence-corrected chi connectivity index (χ2v) is 11.1. The number of hydrogen-bond acceptors (Lipinski definition) is 9. The van der Waals surface area contributed by atoms with Crippen molar-refractivity contribution in [2.45, 2.75) is 29.2 Å². The Hall–Kier alpha value is -4.38. The molecule has 1 amide bonds. The summed E-state index contributed by atoms with van der Waals surface area (Å²) in [7, 11) is -0.460. The van der Waals surface area contributed by atoms with Crippen LogP contribution >= 0.6 is 0 Å². The maximum Gasteiger partial charge on any atom is 0.328 e. The summed E-state index contributed by atoms with van der Waals surface area (Å²) in [6.45, 7) is 0.169. The maximum atomic E-state index is 14.1. The predicted octanol–water partition coefficient (Wildman–Crippen LogP) is 3.31. The predicted molar refractivity (Wildman–Crippen MR) is 147 cm³/mol. The smallest absolute Gasteiger partial charge is 0.328 e. The Morgan fingerprint density at radius 1 is 0.900 bits per heavy atom. The van der Waals surface area contributed by atoms with E-state index in [-0.39, 0.29) is 34.2 Å². The summed E-state index contributed by atoms with van der Waals surface area (Å²) >= 11 is 0. The number of esters is 1. The topological polar surface area (TPSA) is 128 Å². The summed E-state index contributed by atoms with van der Waals surface area (Å²) in [4.78, 5) is 40.7. The Kier molecular flexibility index (Phi) is 8.73. The molecule has 210 valence electrons. The van der Waals surface area contributed by atoms with Crippen molar-refractivity contribution in [1.29, 1.82) is 0 Å². The molecule has 4 rings (SSSR count). The second kappa shape index (κ2) is 12.2. The van der Waals surface area contributed by atoms with Crippen molar-refractivity contribution >= 4 is 33.2 Å². The maximum absolute atomic E-state index is 14.1. The molecule has 10 nitrogen and oxygen atoms in total. The lowest BCUT2D eigenvalue weighted by atomic mass is 10.0. The molecule has 0 radical (unpaired) electrons. The lowest BCUT2D eigenvalue weighted by Gasteiger charge is -2.29. The molecule has 1 unspecified atom stereocenters. The number of anilines is 1. The van der Waals surface area contributed by atoms with Gasteiger partial charge in [-0.15, -0.1) is 0 Å². The molecule has 0 bridgehead atoms. The van der Waals surface area contributed by atoms with Crippen LogP contribution in [0.2, 0.25) is 0 Å². The Bertz CT molecular complexity index is 1510. The van der Waals surface area contributed by atoms with E-state index >= 15 is 0 Å². The molecule has 1 fully saturated rings. The number of ether oxygens (including phenoxy) is 3. The molecule has 0 saturated carbocycles. The number of rotatable bonds is 10. The van der Waals surface area contributed by atoms with Gasteiger partial charge in [-0.1, -0.05) is 42.5 Å². The molecule has 1 saturated heterocycles. The number of likely N-dealkylation sites (tertiary alicyclic amines) is 1. The van der Waals surface area contributed by atoms with Crippen LogP contribution in [0.3, 0.4) is 0 Å². The van der Waals surface area contributed by atoms with Gasteiger partial charge < -0.3 is 24.4 Å². The van der Waals surface area contributed by atoms with Crippen LogP contribution in [0.1, 0.15) is 28.8 Å². The summed E-state index contributed by atoms with van der Waals surface area (Å²) in [5.41, 5.74) is 0.722. The monoisotopic (exact) mass is 566 g/mol. The number of methoxy groups -OCH3 is 3. The number of carbonyl (C=O) groups is 3. The molecule has 40 heavy (non-hydrogen) atoms. The molecular weight excluding hydrogens is 536 g/mol. The average Bonchev–Trinajstić information content (AvgIpc) is 3.49. The molecule has 11 heteroatoms. The highest BCUT2D eigenvalue weighted by atomic mass is 32.2. The van der Waals surface area contributed by atoms with Crippen LogP contribution in [0.25, 0.3) is 0 Å². The first-order chi connectivity index (χ1) is 19.2. The van der Waals surface area contributed by atoms with Gasteiger partial charge >= 0.3 is 5.97 Å². The van der Waals surface area contributed by atoms with E-state index in [9.17, 15) is 22.8 Å². The summed E-state index contributed by atoms with van der Waals surface area (Å²) in [5.74, 6) is -1.37.